The first-order valence-corrected chi connectivity index (χ1v) is 19.9. The fourth-order valence-corrected chi connectivity index (χ4v) is 10.7. The summed E-state index contributed by atoms with van der Waals surface area (Å²) in [5.74, 6) is -1.17. The first-order valence-electron chi connectivity index (χ1n) is 18.7. The van der Waals surface area contributed by atoms with Crippen LogP contribution in [0.2, 0.25) is 5.02 Å². The number of carbonyl (C=O) groups excluding carboxylic acids is 1. The van der Waals surface area contributed by atoms with Crippen molar-refractivity contribution in [2.24, 2.45) is 5.41 Å². The van der Waals surface area contributed by atoms with Gasteiger partial charge in [0, 0.05) is 60.9 Å². The van der Waals surface area contributed by atoms with E-state index in [-0.39, 0.29) is 92.7 Å². The van der Waals surface area contributed by atoms with E-state index in [4.69, 9.17) is 27.1 Å². The lowest BCUT2D eigenvalue weighted by Gasteiger charge is -2.51. The van der Waals surface area contributed by atoms with Gasteiger partial charge in [-0.25, -0.2) is 18.0 Å². The molecule has 6 heterocycles. The van der Waals surface area contributed by atoms with Crippen LogP contribution in [-0.4, -0.2) is 95.1 Å². The fraction of sp³-hybridized carbons (Fsp3) is 0.526. The number of fused-ring (bicyclic) bond motifs is 3. The molecule has 2 atom stereocenters. The smallest absolute Gasteiger partial charge is 0.411 e. The Morgan fingerprint density at radius 1 is 1.11 bits per heavy atom. The Bertz CT molecular complexity index is 2330. The number of hydrogen-bond donors (Lipinski definition) is 2. The molecule has 5 aliphatic rings. The van der Waals surface area contributed by atoms with Crippen molar-refractivity contribution < 1.29 is 35.9 Å². The highest BCUT2D eigenvalue weighted by molar-refractivity contribution is 7.23. The lowest BCUT2D eigenvalue weighted by Crippen LogP contribution is -2.65. The second-order valence-corrected chi connectivity index (χ2v) is 17.6. The number of nitrogens with one attached hydrogen (secondary N) is 1. The maximum Gasteiger partial charge on any atom is 0.411 e. The number of aromatic nitrogens is 2. The molecular weight excluding hydrogens is 782 g/mol. The van der Waals surface area contributed by atoms with Gasteiger partial charge in [-0.2, -0.15) is 28.4 Å². The lowest BCUT2D eigenvalue weighted by atomic mass is 9.76. The fourth-order valence-electron chi connectivity index (χ4n) is 9.47. The van der Waals surface area contributed by atoms with Gasteiger partial charge in [-0.1, -0.05) is 24.1 Å². The largest absolute Gasteiger partial charge is 0.461 e. The molecule has 1 aliphatic carbocycles. The molecular formula is C38H37ClF6N8O2S. The second kappa shape index (κ2) is 13.1. The van der Waals surface area contributed by atoms with Crippen molar-refractivity contribution in [2.75, 3.05) is 56.5 Å². The van der Waals surface area contributed by atoms with Gasteiger partial charge < -0.3 is 25.6 Å². The number of nitrogen functional groups attached to an aromatic ring is 1. The Morgan fingerprint density at radius 2 is 1.89 bits per heavy atom. The van der Waals surface area contributed by atoms with E-state index in [1.165, 1.54) is 17.0 Å². The van der Waals surface area contributed by atoms with Crippen LogP contribution in [0.4, 0.5) is 42.0 Å². The summed E-state index contributed by atoms with van der Waals surface area (Å²) in [5.41, 5.74) is 2.76. The van der Waals surface area contributed by atoms with Crippen LogP contribution in [0.5, 0.6) is 6.01 Å². The number of carbonyl (C=O) groups is 1. The number of hydrogen-bond acceptors (Lipinski definition) is 9. The number of likely N-dealkylation sites (tertiary alicyclic amines) is 1. The molecule has 0 unspecified atom stereocenters. The van der Waals surface area contributed by atoms with E-state index in [1.54, 1.807) is 0 Å². The van der Waals surface area contributed by atoms with E-state index in [0.717, 1.165) is 43.2 Å². The van der Waals surface area contributed by atoms with E-state index in [9.17, 15) is 27.6 Å². The van der Waals surface area contributed by atoms with Gasteiger partial charge in [0.2, 0.25) is 0 Å². The van der Waals surface area contributed by atoms with Crippen LogP contribution >= 0.6 is 22.9 Å². The van der Waals surface area contributed by atoms with Crippen molar-refractivity contribution >= 4 is 60.8 Å². The van der Waals surface area contributed by atoms with Crippen molar-refractivity contribution in [3.05, 3.63) is 40.4 Å². The van der Waals surface area contributed by atoms with E-state index in [0.29, 0.717) is 38.3 Å². The number of anilines is 2. The predicted octanol–water partition coefficient (Wildman–Crippen LogP) is 7.95. The van der Waals surface area contributed by atoms with Gasteiger partial charge in [-0.05, 0) is 62.8 Å². The molecule has 18 heteroatoms. The maximum absolute atomic E-state index is 17.3. The lowest BCUT2D eigenvalue weighted by molar-refractivity contribution is -0.163. The molecule has 0 radical (unpaired) electrons. The van der Waals surface area contributed by atoms with Crippen molar-refractivity contribution in [1.82, 2.24) is 25.1 Å². The van der Waals surface area contributed by atoms with Gasteiger partial charge in [0.1, 0.15) is 46.5 Å². The van der Waals surface area contributed by atoms with Crippen molar-refractivity contribution in [1.29, 1.82) is 5.26 Å². The zero-order valence-electron chi connectivity index (χ0n) is 30.0. The predicted molar refractivity (Wildman–Crippen MR) is 200 cm³/mol. The first-order chi connectivity index (χ1) is 26.7. The second-order valence-electron chi connectivity index (χ2n) is 16.1. The summed E-state index contributed by atoms with van der Waals surface area (Å²) in [6.07, 6.45) is -1.77. The molecule has 4 saturated heterocycles. The molecule has 2 amide bonds. The number of urea groups is 1. The average Bonchev–Trinajstić information content (AvgIpc) is 3.67. The van der Waals surface area contributed by atoms with E-state index >= 15 is 8.78 Å². The standard InChI is InChI=1S/C38H37ClF6N8O2S/c39-24-12-22-29(28(42)27(24)21-4-5-25(41)30-26(21)23(14-46)31(47)56-30)48-33(55-19-36-7-3-11-53(36)15-20(40)13-36)49-32(22)51-10-2-1-6-35(16-51)17-52(18-35)34(54)50-37(8-9-37)38(43,44)45/h4-5,12,20H,1-3,6-11,13,15-19,47H2,(H,50,54)/t20-,36+/m1/s1. The van der Waals surface area contributed by atoms with Gasteiger partial charge >= 0.3 is 18.2 Å². The zero-order valence-corrected chi connectivity index (χ0v) is 31.6. The van der Waals surface area contributed by atoms with Crippen molar-refractivity contribution in [3.8, 4) is 23.2 Å². The highest BCUT2D eigenvalue weighted by atomic mass is 35.5. The monoisotopic (exact) mass is 818 g/mol. The summed E-state index contributed by atoms with van der Waals surface area (Å²) in [6.45, 7) is 2.40. The van der Waals surface area contributed by atoms with Gasteiger partial charge in [0.05, 0.1) is 20.8 Å². The summed E-state index contributed by atoms with van der Waals surface area (Å²) >= 11 is 7.78. The van der Waals surface area contributed by atoms with E-state index in [1.807, 2.05) is 11.0 Å². The maximum atomic E-state index is 17.3. The minimum atomic E-state index is -4.53. The topological polar surface area (TPSA) is 124 Å². The molecule has 3 N–H and O–H groups in total. The molecule has 296 valence electrons. The van der Waals surface area contributed by atoms with Crippen LogP contribution in [-0.2, 0) is 0 Å². The van der Waals surface area contributed by atoms with Crippen molar-refractivity contribution in [3.63, 3.8) is 0 Å². The van der Waals surface area contributed by atoms with E-state index in [2.05, 4.69) is 15.2 Å². The van der Waals surface area contributed by atoms with Gasteiger partial charge in [0.25, 0.3) is 0 Å². The molecule has 2 aromatic heterocycles. The third-order valence-electron chi connectivity index (χ3n) is 12.5. The number of thiophene rings is 1. The molecule has 1 saturated carbocycles. The van der Waals surface area contributed by atoms with E-state index < -0.39 is 46.5 Å². The molecule has 9 rings (SSSR count). The number of alkyl halides is 4. The number of benzene rings is 2. The van der Waals surface area contributed by atoms with Gasteiger partial charge in [-0.3, -0.25) is 4.90 Å². The number of amides is 2. The summed E-state index contributed by atoms with van der Waals surface area (Å²) in [7, 11) is 0. The van der Waals surface area contributed by atoms with Crippen LogP contribution in [0.25, 0.3) is 32.1 Å². The molecule has 2 aromatic carbocycles. The first kappa shape index (κ1) is 37.3. The normalized spacial score (nSPS) is 24.3. The number of rotatable bonds is 6. The van der Waals surface area contributed by atoms with Crippen molar-refractivity contribution in [2.45, 2.75) is 74.8 Å². The van der Waals surface area contributed by atoms with Crippen LogP contribution in [0, 0.1) is 28.4 Å². The summed E-state index contributed by atoms with van der Waals surface area (Å²) in [5, 5.41) is 12.5. The quantitative estimate of drug-likeness (QED) is 0.188. The Balaban J connectivity index is 1.10. The minimum Gasteiger partial charge on any atom is -0.461 e. The molecule has 4 aromatic rings. The van der Waals surface area contributed by atoms with Crippen LogP contribution in [0.1, 0.15) is 56.9 Å². The Kier molecular flexibility index (Phi) is 8.75. The highest BCUT2D eigenvalue weighted by Crippen LogP contribution is 2.50. The average molecular weight is 819 g/mol. The molecule has 4 aliphatic heterocycles. The van der Waals surface area contributed by atoms with Crippen LogP contribution < -0.4 is 20.7 Å². The number of halogens is 7. The van der Waals surface area contributed by atoms with Gasteiger partial charge in [-0.15, -0.1) is 11.3 Å². The molecule has 5 fully saturated rings. The third kappa shape index (κ3) is 5.96. The summed E-state index contributed by atoms with van der Waals surface area (Å²) < 4.78 is 94.1. The van der Waals surface area contributed by atoms with Crippen LogP contribution in [0.3, 0.4) is 0 Å². The number of nitriles is 1. The molecule has 56 heavy (non-hydrogen) atoms. The number of ether oxygens (including phenoxy) is 1. The summed E-state index contributed by atoms with van der Waals surface area (Å²) in [4.78, 5) is 27.8. The van der Waals surface area contributed by atoms with Crippen LogP contribution in [0.15, 0.2) is 18.2 Å². The minimum absolute atomic E-state index is 0.00522. The summed E-state index contributed by atoms with van der Waals surface area (Å²) in [6, 6.07) is 5.14. The Morgan fingerprint density at radius 3 is 2.62 bits per heavy atom. The zero-order chi connectivity index (χ0) is 39.4. The highest BCUT2D eigenvalue weighted by Gasteiger charge is 2.65. The number of nitrogens with zero attached hydrogens (tertiary/aromatic N) is 6. The Labute approximate surface area is 326 Å². The molecule has 10 nitrogen and oxygen atoms in total. The third-order valence-corrected chi connectivity index (χ3v) is 13.8. The Hall–Kier alpha value is -4.27. The SMILES string of the molecule is N#Cc1c(N)sc2c(F)ccc(-c3c(Cl)cc4c(N5CCCCC6(CN(C(=O)NC7(C(F)(F)F)CC7)C6)C5)nc(OC[C@@]56CCCN5C[C@H](F)C6)nc4c3F)c12. The molecule has 0 bridgehead atoms. The molecule has 1 spiro atoms. The van der Waals surface area contributed by atoms with Gasteiger partial charge in [0.15, 0.2) is 5.82 Å². The number of nitrogens with two attached hydrogens (primary N) is 1.